The number of imidazole rings is 1. The van der Waals surface area contributed by atoms with Crippen LogP contribution in [0.5, 0.6) is 5.75 Å². The smallest absolute Gasteiger partial charge is 0.166 e. The van der Waals surface area contributed by atoms with Crippen LogP contribution in [0.25, 0.3) is 27.6 Å². The molecule has 5 rings (SSSR count). The van der Waals surface area contributed by atoms with Crippen molar-refractivity contribution >= 4 is 37.8 Å². The average Bonchev–Trinajstić information content (AvgIpc) is 3.51. The highest BCUT2D eigenvalue weighted by atomic mass is 32.3. The summed E-state index contributed by atoms with van der Waals surface area (Å²) >= 11 is 0. The van der Waals surface area contributed by atoms with Gasteiger partial charge in [-0.05, 0) is 68.2 Å². The van der Waals surface area contributed by atoms with Gasteiger partial charge in [0, 0.05) is 29.1 Å². The van der Waals surface area contributed by atoms with Crippen molar-refractivity contribution < 1.29 is 13.9 Å². The lowest BCUT2D eigenvalue weighted by molar-refractivity contribution is 0.0923. The third-order valence-electron chi connectivity index (χ3n) is 6.10. The average molecular weight is 523 g/mol. The molecule has 10 heteroatoms. The highest BCUT2D eigenvalue weighted by Crippen LogP contribution is 2.35. The van der Waals surface area contributed by atoms with Crippen LogP contribution in [0.1, 0.15) is 18.6 Å². The van der Waals surface area contributed by atoms with Crippen LogP contribution < -0.4 is 10.5 Å². The highest BCUT2D eigenvalue weighted by Gasteiger charge is 2.19. The van der Waals surface area contributed by atoms with E-state index < -0.39 is 16.1 Å². The van der Waals surface area contributed by atoms with E-state index in [1.165, 1.54) is 12.1 Å². The van der Waals surface area contributed by atoms with Crippen LogP contribution in [0, 0.1) is 5.82 Å². The van der Waals surface area contributed by atoms with E-state index in [1.54, 1.807) is 29.3 Å². The molecule has 8 nitrogen and oxygen atoms in total. The maximum atomic E-state index is 13.8. The number of anilines is 1. The van der Waals surface area contributed by atoms with Crippen molar-refractivity contribution in [3.8, 4) is 11.4 Å². The second kappa shape index (κ2) is 10.0. The second-order valence-electron chi connectivity index (χ2n) is 9.87. The SMILES string of the molecule is CC(Oc1cc2cc(F)ccc2nc1N)c1cc2c(cc1-n1cccn1)ncn2COCCS(C)(C)C. The van der Waals surface area contributed by atoms with Crippen molar-refractivity contribution in [2.75, 3.05) is 36.9 Å². The first-order valence-corrected chi connectivity index (χ1v) is 15.0. The van der Waals surface area contributed by atoms with Gasteiger partial charge in [-0.15, -0.1) is 0 Å². The molecule has 0 spiro atoms. The molecule has 0 amide bonds. The Labute approximate surface area is 216 Å². The summed E-state index contributed by atoms with van der Waals surface area (Å²) in [5.41, 5.74) is 10.3. The number of nitrogens with two attached hydrogens (primary N) is 1. The monoisotopic (exact) mass is 522 g/mol. The van der Waals surface area contributed by atoms with E-state index >= 15 is 0 Å². The molecule has 0 aliphatic heterocycles. The van der Waals surface area contributed by atoms with E-state index in [0.717, 1.165) is 28.0 Å². The lowest BCUT2D eigenvalue weighted by Gasteiger charge is -2.24. The fourth-order valence-corrected chi connectivity index (χ4v) is 4.73. The van der Waals surface area contributed by atoms with Crippen LogP contribution in [0.3, 0.4) is 0 Å². The number of benzene rings is 2. The fraction of sp³-hybridized carbons (Fsp3) is 0.296. The molecule has 3 aromatic heterocycles. The number of hydrogen-bond donors (Lipinski definition) is 1. The van der Waals surface area contributed by atoms with Gasteiger partial charge in [0.15, 0.2) is 11.6 Å². The summed E-state index contributed by atoms with van der Waals surface area (Å²) in [6, 6.07) is 12.0. The van der Waals surface area contributed by atoms with Gasteiger partial charge in [0.2, 0.25) is 0 Å². The van der Waals surface area contributed by atoms with Crippen molar-refractivity contribution in [1.82, 2.24) is 24.3 Å². The standard InChI is InChI=1S/C27H31FN6O2S/c1-18(36-26-13-19-12-20(28)6-7-22(19)32-27(26)29)21-14-25-23(15-24(21)34-9-5-8-31-34)30-16-33(25)17-35-10-11-37(2,3)4/h5-9,12-16,18H,10-11,17H2,1-4H3,(H2,29,32). The maximum absolute atomic E-state index is 13.8. The Morgan fingerprint density at radius 2 is 1.95 bits per heavy atom. The number of fused-ring (bicyclic) bond motifs is 2. The number of hydrogen-bond acceptors (Lipinski definition) is 6. The fourth-order valence-electron chi connectivity index (χ4n) is 4.11. The van der Waals surface area contributed by atoms with Crippen molar-refractivity contribution in [1.29, 1.82) is 0 Å². The van der Waals surface area contributed by atoms with Crippen LogP contribution >= 0.6 is 10.0 Å². The predicted octanol–water partition coefficient (Wildman–Crippen LogP) is 5.30. The van der Waals surface area contributed by atoms with Gasteiger partial charge in [-0.2, -0.15) is 5.10 Å². The lowest BCUT2D eigenvalue weighted by Crippen LogP contribution is -2.11. The van der Waals surface area contributed by atoms with Crippen molar-refractivity contribution in [2.24, 2.45) is 0 Å². The molecule has 1 unspecified atom stereocenters. The number of pyridine rings is 1. The molecule has 37 heavy (non-hydrogen) atoms. The van der Waals surface area contributed by atoms with Crippen LogP contribution in [-0.2, 0) is 11.5 Å². The predicted molar refractivity (Wildman–Crippen MR) is 148 cm³/mol. The van der Waals surface area contributed by atoms with Gasteiger partial charge in [-0.1, -0.05) is 0 Å². The normalized spacial score (nSPS) is 13.3. The van der Waals surface area contributed by atoms with Gasteiger partial charge in [-0.3, -0.25) is 0 Å². The molecule has 0 saturated carbocycles. The van der Waals surface area contributed by atoms with E-state index in [4.69, 9.17) is 15.2 Å². The molecule has 0 aliphatic carbocycles. The minimum atomic E-state index is -0.618. The minimum Gasteiger partial charge on any atom is -0.482 e. The molecule has 194 valence electrons. The zero-order valence-electron chi connectivity index (χ0n) is 21.4. The largest absolute Gasteiger partial charge is 0.482 e. The van der Waals surface area contributed by atoms with Gasteiger partial charge in [0.25, 0.3) is 0 Å². The van der Waals surface area contributed by atoms with Crippen LogP contribution in [0.15, 0.2) is 61.2 Å². The van der Waals surface area contributed by atoms with Crippen molar-refractivity contribution in [3.63, 3.8) is 0 Å². The van der Waals surface area contributed by atoms with Crippen molar-refractivity contribution in [3.05, 3.63) is 72.6 Å². The topological polar surface area (TPSA) is 93.0 Å². The molecule has 0 bridgehead atoms. The molecule has 1 atom stereocenters. The summed E-state index contributed by atoms with van der Waals surface area (Å²) in [5, 5.41) is 5.04. The Kier molecular flexibility index (Phi) is 6.78. The Bertz CT molecular complexity index is 1540. The van der Waals surface area contributed by atoms with Gasteiger partial charge < -0.3 is 19.8 Å². The summed E-state index contributed by atoms with van der Waals surface area (Å²) in [7, 11) is -0.618. The molecular weight excluding hydrogens is 491 g/mol. The van der Waals surface area contributed by atoms with Crippen LogP contribution in [-0.4, -0.2) is 55.4 Å². The zero-order valence-corrected chi connectivity index (χ0v) is 22.2. The highest BCUT2D eigenvalue weighted by molar-refractivity contribution is 8.32. The van der Waals surface area contributed by atoms with Gasteiger partial charge in [-0.25, -0.2) is 29.1 Å². The number of halogens is 1. The lowest BCUT2D eigenvalue weighted by atomic mass is 10.1. The molecular formula is C27H31FN6O2S. The first kappa shape index (κ1) is 25.0. The summed E-state index contributed by atoms with van der Waals surface area (Å²) < 4.78 is 29.9. The summed E-state index contributed by atoms with van der Waals surface area (Å²) in [5.74, 6) is 1.33. The summed E-state index contributed by atoms with van der Waals surface area (Å²) in [6.45, 7) is 3.05. The van der Waals surface area contributed by atoms with E-state index in [9.17, 15) is 4.39 Å². The van der Waals surface area contributed by atoms with Gasteiger partial charge in [0.05, 0.1) is 35.2 Å². The molecule has 2 N–H and O–H groups in total. The van der Waals surface area contributed by atoms with Crippen molar-refractivity contribution in [2.45, 2.75) is 19.8 Å². The minimum absolute atomic E-state index is 0.243. The Morgan fingerprint density at radius 3 is 2.70 bits per heavy atom. The number of nitrogen functional groups attached to an aromatic ring is 1. The maximum Gasteiger partial charge on any atom is 0.166 e. The number of rotatable bonds is 9. The molecule has 2 aromatic carbocycles. The molecule has 0 aliphatic rings. The van der Waals surface area contributed by atoms with E-state index in [1.807, 2.05) is 35.9 Å². The Balaban J connectivity index is 1.48. The molecule has 0 saturated heterocycles. The summed E-state index contributed by atoms with van der Waals surface area (Å²) in [6.07, 6.45) is 11.8. The molecule has 5 aromatic rings. The Hall–Kier alpha value is -3.63. The van der Waals surface area contributed by atoms with Crippen LogP contribution in [0.2, 0.25) is 0 Å². The van der Waals surface area contributed by atoms with Gasteiger partial charge >= 0.3 is 0 Å². The number of aromatic nitrogens is 5. The third-order valence-corrected chi connectivity index (χ3v) is 7.49. The van der Waals surface area contributed by atoms with E-state index in [-0.39, 0.29) is 11.6 Å². The molecule has 3 heterocycles. The quantitative estimate of drug-likeness (QED) is 0.264. The molecule has 0 fully saturated rings. The van der Waals surface area contributed by atoms with E-state index in [0.29, 0.717) is 30.0 Å². The Morgan fingerprint density at radius 1 is 1.11 bits per heavy atom. The third kappa shape index (κ3) is 5.55. The first-order valence-electron chi connectivity index (χ1n) is 11.9. The number of nitrogens with zero attached hydrogens (tertiary/aromatic N) is 5. The summed E-state index contributed by atoms with van der Waals surface area (Å²) in [4.78, 5) is 8.99. The molecule has 0 radical (unpaired) electrons. The number of ether oxygens (including phenoxy) is 2. The van der Waals surface area contributed by atoms with E-state index in [2.05, 4.69) is 33.8 Å². The van der Waals surface area contributed by atoms with Gasteiger partial charge in [0.1, 0.15) is 18.7 Å². The van der Waals surface area contributed by atoms with Crippen LogP contribution in [0.4, 0.5) is 10.2 Å². The second-order valence-corrected chi connectivity index (χ2v) is 14.5. The zero-order chi connectivity index (χ0) is 26.2. The first-order chi connectivity index (χ1) is 17.7.